The highest BCUT2D eigenvalue weighted by Gasteiger charge is 2.09. The van der Waals surface area contributed by atoms with Crippen LogP contribution in [0.2, 0.25) is 0 Å². The van der Waals surface area contributed by atoms with Crippen LogP contribution in [0.1, 0.15) is 36.7 Å². The van der Waals surface area contributed by atoms with Crippen LogP contribution in [0.25, 0.3) is 10.8 Å². The van der Waals surface area contributed by atoms with Gasteiger partial charge in [-0.25, -0.2) is 5.43 Å². The lowest BCUT2D eigenvalue weighted by Crippen LogP contribution is -2.18. The number of fused-ring (bicyclic) bond motifs is 1. The third kappa shape index (κ3) is 5.19. The van der Waals surface area contributed by atoms with Gasteiger partial charge in [-0.2, -0.15) is 5.10 Å². The number of rotatable bonds is 6. The average Bonchev–Trinajstić information content (AvgIpc) is 2.69. The van der Waals surface area contributed by atoms with Crippen molar-refractivity contribution in [3.8, 4) is 5.75 Å². The van der Waals surface area contributed by atoms with Gasteiger partial charge in [0.25, 0.3) is 5.91 Å². The summed E-state index contributed by atoms with van der Waals surface area (Å²) >= 11 is 0. The summed E-state index contributed by atoms with van der Waals surface area (Å²) in [5, 5.41) is 8.84. The zero-order valence-corrected chi connectivity index (χ0v) is 16.6. The molecule has 3 aromatic rings. The van der Waals surface area contributed by atoms with E-state index < -0.39 is 0 Å². The monoisotopic (exact) mass is 389 g/mol. The third-order valence-corrected chi connectivity index (χ3v) is 4.12. The molecule has 0 bridgehead atoms. The second-order valence-corrected chi connectivity index (χ2v) is 6.82. The van der Waals surface area contributed by atoms with E-state index >= 15 is 0 Å². The molecule has 0 aliphatic rings. The van der Waals surface area contributed by atoms with Crippen LogP contribution in [-0.4, -0.2) is 24.1 Å². The number of anilines is 1. The van der Waals surface area contributed by atoms with Gasteiger partial charge in [0, 0.05) is 23.7 Å². The molecule has 148 valence electrons. The molecule has 0 spiro atoms. The van der Waals surface area contributed by atoms with Crippen molar-refractivity contribution in [3.63, 3.8) is 0 Å². The Kier molecular flexibility index (Phi) is 6.24. The summed E-state index contributed by atoms with van der Waals surface area (Å²) in [6, 6.07) is 18.4. The van der Waals surface area contributed by atoms with Crippen molar-refractivity contribution >= 4 is 34.5 Å². The lowest BCUT2D eigenvalue weighted by molar-refractivity contribution is -0.114. The molecule has 6 nitrogen and oxygen atoms in total. The maximum atomic E-state index is 12.4. The fraction of sp³-hybridized carbons (Fsp3) is 0.174. The van der Waals surface area contributed by atoms with Crippen molar-refractivity contribution in [1.82, 2.24) is 5.43 Å². The number of nitrogens with zero attached hydrogens (tertiary/aromatic N) is 1. The number of hydrogen-bond donors (Lipinski definition) is 2. The predicted molar refractivity (Wildman–Crippen MR) is 116 cm³/mol. The van der Waals surface area contributed by atoms with Gasteiger partial charge in [-0.3, -0.25) is 9.59 Å². The Hall–Kier alpha value is -3.67. The van der Waals surface area contributed by atoms with Gasteiger partial charge >= 0.3 is 0 Å². The van der Waals surface area contributed by atoms with Crippen molar-refractivity contribution in [2.45, 2.75) is 26.9 Å². The molecular weight excluding hydrogens is 366 g/mol. The molecule has 0 aliphatic carbocycles. The van der Waals surface area contributed by atoms with E-state index in [0.29, 0.717) is 17.0 Å². The minimum atomic E-state index is -0.345. The van der Waals surface area contributed by atoms with Gasteiger partial charge in [-0.1, -0.05) is 30.3 Å². The van der Waals surface area contributed by atoms with Crippen molar-refractivity contribution < 1.29 is 14.3 Å². The molecule has 0 saturated heterocycles. The lowest BCUT2D eigenvalue weighted by atomic mass is 10.0. The Labute approximate surface area is 169 Å². The normalized spacial score (nSPS) is 11.0. The smallest absolute Gasteiger partial charge is 0.271 e. The van der Waals surface area contributed by atoms with Crippen LogP contribution < -0.4 is 15.5 Å². The molecule has 0 heterocycles. The molecule has 29 heavy (non-hydrogen) atoms. The Morgan fingerprint density at radius 2 is 1.72 bits per heavy atom. The van der Waals surface area contributed by atoms with Crippen molar-refractivity contribution in [2.75, 3.05) is 5.32 Å². The molecule has 2 amide bonds. The number of carbonyl (C=O) groups is 2. The lowest BCUT2D eigenvalue weighted by Gasteiger charge is -2.14. The fourth-order valence-electron chi connectivity index (χ4n) is 2.89. The van der Waals surface area contributed by atoms with Crippen LogP contribution in [0.4, 0.5) is 5.69 Å². The molecule has 0 aromatic heterocycles. The van der Waals surface area contributed by atoms with Crippen LogP contribution >= 0.6 is 0 Å². The molecule has 0 aliphatic heterocycles. The summed E-state index contributed by atoms with van der Waals surface area (Å²) in [6.07, 6.45) is 1.61. The van der Waals surface area contributed by atoms with E-state index in [4.69, 9.17) is 4.74 Å². The number of hydrogen-bond acceptors (Lipinski definition) is 4. The fourth-order valence-corrected chi connectivity index (χ4v) is 2.89. The molecular formula is C23H23N3O3. The van der Waals surface area contributed by atoms with E-state index in [0.717, 1.165) is 16.3 Å². The third-order valence-electron chi connectivity index (χ3n) is 4.12. The highest BCUT2D eigenvalue weighted by molar-refractivity contribution is 6.03. The number of nitrogens with one attached hydrogen (secondary N) is 2. The minimum absolute atomic E-state index is 0.0139. The quantitative estimate of drug-likeness (QED) is 0.486. The van der Waals surface area contributed by atoms with E-state index in [9.17, 15) is 9.59 Å². The average molecular weight is 389 g/mol. The topological polar surface area (TPSA) is 79.8 Å². The van der Waals surface area contributed by atoms with Gasteiger partial charge in [-0.05, 0) is 55.0 Å². The second-order valence-electron chi connectivity index (χ2n) is 6.82. The molecule has 3 aromatic carbocycles. The number of benzene rings is 3. The summed E-state index contributed by atoms with van der Waals surface area (Å²) in [5.41, 5.74) is 4.41. The Morgan fingerprint density at radius 3 is 2.41 bits per heavy atom. The van der Waals surface area contributed by atoms with E-state index in [2.05, 4.69) is 15.8 Å². The van der Waals surface area contributed by atoms with E-state index in [-0.39, 0.29) is 17.9 Å². The van der Waals surface area contributed by atoms with E-state index in [1.54, 1.807) is 30.5 Å². The predicted octanol–water partition coefficient (Wildman–Crippen LogP) is 4.35. The first-order valence-corrected chi connectivity index (χ1v) is 9.33. The minimum Gasteiger partial charge on any atom is -0.490 e. The summed E-state index contributed by atoms with van der Waals surface area (Å²) in [6.45, 7) is 5.35. The van der Waals surface area contributed by atoms with Crippen LogP contribution in [0, 0.1) is 0 Å². The Morgan fingerprint density at radius 1 is 1.00 bits per heavy atom. The maximum absolute atomic E-state index is 12.4. The van der Waals surface area contributed by atoms with Crippen LogP contribution in [0.15, 0.2) is 65.8 Å². The zero-order chi connectivity index (χ0) is 20.8. The molecule has 0 saturated carbocycles. The summed E-state index contributed by atoms with van der Waals surface area (Å²) in [4.78, 5) is 23.4. The van der Waals surface area contributed by atoms with Gasteiger partial charge in [0.2, 0.25) is 5.91 Å². The first kappa shape index (κ1) is 20.1. The summed E-state index contributed by atoms with van der Waals surface area (Å²) < 4.78 is 5.90. The van der Waals surface area contributed by atoms with Gasteiger partial charge in [0.15, 0.2) is 0 Å². The van der Waals surface area contributed by atoms with E-state index in [1.165, 1.54) is 6.92 Å². The second kappa shape index (κ2) is 9.01. The standard InChI is InChI=1S/C23H23N3O3/c1-15(2)29-22-13-10-17-6-4-5-7-20(17)21(22)14-24-26-23(28)18-8-11-19(12-9-18)25-16(3)27/h4-15H,1-3H3,(H,25,27)(H,26,28). The molecule has 3 rings (SSSR count). The van der Waals surface area contributed by atoms with Crippen LogP contribution in [0.5, 0.6) is 5.75 Å². The van der Waals surface area contributed by atoms with Crippen molar-refractivity contribution in [3.05, 3.63) is 71.8 Å². The number of ether oxygens (including phenoxy) is 1. The summed E-state index contributed by atoms with van der Waals surface area (Å²) in [7, 11) is 0. The van der Waals surface area contributed by atoms with Gasteiger partial charge in [0.05, 0.1) is 12.3 Å². The first-order chi connectivity index (χ1) is 13.9. The van der Waals surface area contributed by atoms with Crippen molar-refractivity contribution in [2.24, 2.45) is 5.10 Å². The Bertz CT molecular complexity index is 1060. The molecule has 0 fully saturated rings. The highest BCUT2D eigenvalue weighted by atomic mass is 16.5. The first-order valence-electron chi connectivity index (χ1n) is 9.33. The van der Waals surface area contributed by atoms with E-state index in [1.807, 2.05) is 50.2 Å². The van der Waals surface area contributed by atoms with Crippen LogP contribution in [-0.2, 0) is 4.79 Å². The van der Waals surface area contributed by atoms with Gasteiger partial charge < -0.3 is 10.1 Å². The molecule has 0 unspecified atom stereocenters. The molecule has 0 radical (unpaired) electrons. The van der Waals surface area contributed by atoms with Crippen LogP contribution in [0.3, 0.4) is 0 Å². The Balaban J connectivity index is 1.79. The largest absolute Gasteiger partial charge is 0.490 e. The number of hydrazone groups is 1. The number of carbonyl (C=O) groups excluding carboxylic acids is 2. The zero-order valence-electron chi connectivity index (χ0n) is 16.6. The molecule has 0 atom stereocenters. The van der Waals surface area contributed by atoms with Gasteiger partial charge in [-0.15, -0.1) is 0 Å². The molecule has 2 N–H and O–H groups in total. The van der Waals surface area contributed by atoms with Crippen molar-refractivity contribution in [1.29, 1.82) is 0 Å². The summed E-state index contributed by atoms with van der Waals surface area (Å²) in [5.74, 6) is 0.194. The molecule has 6 heteroatoms. The highest BCUT2D eigenvalue weighted by Crippen LogP contribution is 2.27. The SMILES string of the molecule is CC(=O)Nc1ccc(C(=O)NN=Cc2c(OC(C)C)ccc3ccccc23)cc1. The van der Waals surface area contributed by atoms with Gasteiger partial charge in [0.1, 0.15) is 5.75 Å². The maximum Gasteiger partial charge on any atom is 0.271 e. The number of amides is 2.